The van der Waals surface area contributed by atoms with Crippen LogP contribution < -0.4 is 5.32 Å². The number of carbonyl (C=O) groups is 1. The van der Waals surface area contributed by atoms with Crippen LogP contribution in [0.5, 0.6) is 0 Å². The number of nitrogens with one attached hydrogen (secondary N) is 2. The zero-order valence-electron chi connectivity index (χ0n) is 13.4. The van der Waals surface area contributed by atoms with Gasteiger partial charge in [-0.05, 0) is 37.3 Å². The Morgan fingerprint density at radius 2 is 2.26 bits per heavy atom. The maximum atomic E-state index is 12.1. The van der Waals surface area contributed by atoms with Crippen LogP contribution in [-0.4, -0.2) is 25.9 Å². The Balaban J connectivity index is 1.59. The first-order valence-electron chi connectivity index (χ1n) is 7.43. The summed E-state index contributed by atoms with van der Waals surface area (Å²) in [5.74, 6) is 0.509. The molecule has 0 atom stereocenters. The number of hydrogen-bond donors (Lipinski definition) is 2. The third-order valence-electron chi connectivity index (χ3n) is 3.89. The smallest absolute Gasteiger partial charge is 0.225 e. The van der Waals surface area contributed by atoms with Crippen molar-refractivity contribution < 1.29 is 4.79 Å². The highest BCUT2D eigenvalue weighted by Gasteiger charge is 2.12. The number of anilines is 1. The molecular formula is C16H19N5OS. The summed E-state index contributed by atoms with van der Waals surface area (Å²) in [5.41, 5.74) is 4.14. The van der Waals surface area contributed by atoms with E-state index in [1.54, 1.807) is 11.3 Å². The third-order valence-corrected chi connectivity index (χ3v) is 4.80. The van der Waals surface area contributed by atoms with E-state index in [9.17, 15) is 4.79 Å². The van der Waals surface area contributed by atoms with Crippen molar-refractivity contribution in [2.24, 2.45) is 7.05 Å². The molecule has 23 heavy (non-hydrogen) atoms. The highest BCUT2D eigenvalue weighted by molar-refractivity contribution is 7.13. The van der Waals surface area contributed by atoms with Gasteiger partial charge in [0.1, 0.15) is 0 Å². The molecule has 0 bridgehead atoms. The third kappa shape index (κ3) is 3.34. The SMILES string of the molecule is Cc1nn(C)c(C)c1CCC(=O)Nc1cc(-c2cccs2)[nH]n1. The first-order chi connectivity index (χ1) is 11.0. The van der Waals surface area contributed by atoms with Gasteiger partial charge in [0.15, 0.2) is 5.82 Å². The minimum absolute atomic E-state index is 0.0446. The van der Waals surface area contributed by atoms with Gasteiger partial charge in [-0.15, -0.1) is 11.3 Å². The normalized spacial score (nSPS) is 10.9. The Morgan fingerprint density at radius 3 is 2.91 bits per heavy atom. The number of rotatable bonds is 5. The number of aromatic nitrogens is 4. The highest BCUT2D eigenvalue weighted by Crippen LogP contribution is 2.24. The number of nitrogens with zero attached hydrogens (tertiary/aromatic N) is 3. The van der Waals surface area contributed by atoms with Crippen LogP contribution in [0.1, 0.15) is 23.4 Å². The Bertz CT molecular complexity index is 816. The van der Waals surface area contributed by atoms with E-state index in [0.717, 1.165) is 27.5 Å². The average Bonchev–Trinajstić information content (AvgIpc) is 3.21. The van der Waals surface area contributed by atoms with Crippen molar-refractivity contribution in [3.63, 3.8) is 0 Å². The molecule has 2 N–H and O–H groups in total. The maximum Gasteiger partial charge on any atom is 0.225 e. The van der Waals surface area contributed by atoms with Crippen molar-refractivity contribution in [2.75, 3.05) is 5.32 Å². The molecule has 3 aromatic rings. The van der Waals surface area contributed by atoms with Crippen LogP contribution in [0.15, 0.2) is 23.6 Å². The number of hydrogen-bond acceptors (Lipinski definition) is 4. The molecular weight excluding hydrogens is 310 g/mol. The summed E-state index contributed by atoms with van der Waals surface area (Å²) in [6, 6.07) is 5.85. The van der Waals surface area contributed by atoms with Gasteiger partial charge in [-0.1, -0.05) is 6.07 Å². The largest absolute Gasteiger partial charge is 0.309 e. The standard InChI is InChI=1S/C16H19N5OS/c1-10-12(11(2)21(3)20-10)6-7-16(22)17-15-9-13(18-19-15)14-5-4-8-23-14/h4-5,8-9H,6-7H2,1-3H3,(H2,17,18,19,22). The van der Waals surface area contributed by atoms with E-state index in [0.29, 0.717) is 18.7 Å². The zero-order valence-corrected chi connectivity index (χ0v) is 14.2. The van der Waals surface area contributed by atoms with Crippen LogP contribution in [0, 0.1) is 13.8 Å². The minimum Gasteiger partial charge on any atom is -0.309 e. The predicted molar refractivity (Wildman–Crippen MR) is 91.5 cm³/mol. The molecule has 7 heteroatoms. The van der Waals surface area contributed by atoms with E-state index in [2.05, 4.69) is 20.6 Å². The summed E-state index contributed by atoms with van der Waals surface area (Å²) >= 11 is 1.63. The lowest BCUT2D eigenvalue weighted by Gasteiger charge is -2.03. The molecule has 0 aliphatic heterocycles. The molecule has 0 fully saturated rings. The second kappa shape index (κ2) is 6.37. The molecule has 0 unspecified atom stereocenters. The van der Waals surface area contributed by atoms with Gasteiger partial charge < -0.3 is 5.32 Å². The van der Waals surface area contributed by atoms with Gasteiger partial charge in [0.25, 0.3) is 0 Å². The molecule has 3 rings (SSSR count). The summed E-state index contributed by atoms with van der Waals surface area (Å²) < 4.78 is 1.85. The number of aryl methyl sites for hydroxylation is 2. The number of aromatic amines is 1. The van der Waals surface area contributed by atoms with Crippen LogP contribution in [0.4, 0.5) is 5.82 Å². The molecule has 120 valence electrons. The molecule has 0 aromatic carbocycles. The van der Waals surface area contributed by atoms with E-state index >= 15 is 0 Å². The van der Waals surface area contributed by atoms with Crippen molar-refractivity contribution in [3.8, 4) is 10.6 Å². The Morgan fingerprint density at radius 1 is 1.43 bits per heavy atom. The number of thiophene rings is 1. The summed E-state index contributed by atoms with van der Waals surface area (Å²) in [4.78, 5) is 13.2. The van der Waals surface area contributed by atoms with Crippen LogP contribution in [0.3, 0.4) is 0 Å². The zero-order chi connectivity index (χ0) is 16.4. The number of carbonyl (C=O) groups excluding carboxylic acids is 1. The molecule has 0 saturated heterocycles. The first-order valence-corrected chi connectivity index (χ1v) is 8.31. The van der Waals surface area contributed by atoms with Crippen LogP contribution >= 0.6 is 11.3 Å². The first kappa shape index (κ1) is 15.5. The van der Waals surface area contributed by atoms with Gasteiger partial charge in [-0.2, -0.15) is 10.2 Å². The van der Waals surface area contributed by atoms with Gasteiger partial charge in [-0.25, -0.2) is 0 Å². The van der Waals surface area contributed by atoms with Crippen molar-refractivity contribution in [1.29, 1.82) is 0 Å². The van der Waals surface area contributed by atoms with E-state index in [1.807, 2.05) is 49.2 Å². The summed E-state index contributed by atoms with van der Waals surface area (Å²) in [5, 5.41) is 16.3. The van der Waals surface area contributed by atoms with Gasteiger partial charge >= 0.3 is 0 Å². The van der Waals surface area contributed by atoms with E-state index in [1.165, 1.54) is 0 Å². The molecule has 3 aromatic heterocycles. The Hall–Kier alpha value is -2.41. The van der Waals surface area contributed by atoms with Gasteiger partial charge in [-0.3, -0.25) is 14.6 Å². The second-order valence-corrected chi connectivity index (χ2v) is 6.41. The topological polar surface area (TPSA) is 75.6 Å². The summed E-state index contributed by atoms with van der Waals surface area (Å²) in [7, 11) is 1.92. The fraction of sp³-hybridized carbons (Fsp3) is 0.312. The van der Waals surface area contributed by atoms with Crippen molar-refractivity contribution >= 4 is 23.1 Å². The summed E-state index contributed by atoms with van der Waals surface area (Å²) in [6.07, 6.45) is 1.09. The quantitative estimate of drug-likeness (QED) is 0.755. The maximum absolute atomic E-state index is 12.1. The Kier molecular flexibility index (Phi) is 4.29. The second-order valence-electron chi connectivity index (χ2n) is 5.47. The molecule has 0 aliphatic carbocycles. The van der Waals surface area contributed by atoms with Crippen molar-refractivity contribution in [1.82, 2.24) is 20.0 Å². The van der Waals surface area contributed by atoms with Crippen molar-refractivity contribution in [3.05, 3.63) is 40.5 Å². The van der Waals surface area contributed by atoms with Gasteiger partial charge in [0.05, 0.1) is 16.3 Å². The molecule has 0 aliphatic rings. The predicted octanol–water partition coefficient (Wildman–Crippen LogP) is 3.06. The molecule has 3 heterocycles. The summed E-state index contributed by atoms with van der Waals surface area (Å²) in [6.45, 7) is 4.00. The van der Waals surface area contributed by atoms with Gasteiger partial charge in [0, 0.05) is 25.2 Å². The highest BCUT2D eigenvalue weighted by atomic mass is 32.1. The lowest BCUT2D eigenvalue weighted by molar-refractivity contribution is -0.116. The van der Waals surface area contributed by atoms with E-state index < -0.39 is 0 Å². The number of H-pyrrole nitrogens is 1. The number of amides is 1. The molecule has 6 nitrogen and oxygen atoms in total. The lowest BCUT2D eigenvalue weighted by Crippen LogP contribution is -2.13. The molecule has 0 saturated carbocycles. The van der Waals surface area contributed by atoms with Crippen LogP contribution in [-0.2, 0) is 18.3 Å². The molecule has 0 spiro atoms. The lowest BCUT2D eigenvalue weighted by atomic mass is 10.1. The van der Waals surface area contributed by atoms with E-state index in [-0.39, 0.29) is 5.91 Å². The van der Waals surface area contributed by atoms with Crippen LogP contribution in [0.25, 0.3) is 10.6 Å². The van der Waals surface area contributed by atoms with E-state index in [4.69, 9.17) is 0 Å². The van der Waals surface area contributed by atoms with Crippen molar-refractivity contribution in [2.45, 2.75) is 26.7 Å². The fourth-order valence-electron chi connectivity index (χ4n) is 2.57. The monoisotopic (exact) mass is 329 g/mol. The fourth-order valence-corrected chi connectivity index (χ4v) is 3.26. The van der Waals surface area contributed by atoms with Gasteiger partial charge in [0.2, 0.25) is 5.91 Å². The molecule has 0 radical (unpaired) electrons. The Labute approximate surface area is 138 Å². The molecule has 1 amide bonds. The average molecular weight is 329 g/mol. The minimum atomic E-state index is -0.0446. The van der Waals surface area contributed by atoms with Crippen LogP contribution in [0.2, 0.25) is 0 Å².